The zero-order chi connectivity index (χ0) is 10.2. The molecule has 13 heavy (non-hydrogen) atoms. The molecule has 1 aliphatic carbocycles. The first-order valence-corrected chi connectivity index (χ1v) is 4.53. The van der Waals surface area contributed by atoms with Crippen LogP contribution < -0.4 is 4.74 Å². The third-order valence-electron chi connectivity index (χ3n) is 2.49. The summed E-state index contributed by atoms with van der Waals surface area (Å²) in [5, 5.41) is 9.86. The van der Waals surface area contributed by atoms with Crippen LogP contribution in [0.3, 0.4) is 0 Å². The highest BCUT2D eigenvalue weighted by Crippen LogP contribution is 2.31. The molecule has 1 N–H and O–H groups in total. The van der Waals surface area contributed by atoms with Crippen molar-refractivity contribution in [1.82, 2.24) is 0 Å². The maximum atomic E-state index is 9.86. The molecule has 0 radical (unpaired) electrons. The van der Waals surface area contributed by atoms with Crippen molar-refractivity contribution in [3.8, 4) is 5.75 Å². The molecule has 0 bridgehead atoms. The van der Waals surface area contributed by atoms with Gasteiger partial charge in [0.2, 0.25) is 0 Å². The molecule has 0 aliphatic heterocycles. The van der Waals surface area contributed by atoms with Crippen LogP contribution in [0.15, 0.2) is 18.2 Å². The normalized spacial score (nSPS) is 27.7. The molecule has 2 rings (SSSR count). The number of fused-ring (bicyclic) bond motifs is 1. The zero-order valence-corrected chi connectivity index (χ0v) is 7.71. The minimum Gasteiger partial charge on any atom is -0.497 e. The fraction of sp³-hybridized carbons (Fsp3) is 0.455. The molecule has 2 nitrogen and oxygen atoms in total. The predicted octanol–water partition coefficient (Wildman–Crippen LogP) is 2.06. The van der Waals surface area contributed by atoms with Crippen LogP contribution >= 0.6 is 0 Å². The molecule has 0 aromatic heterocycles. The minimum atomic E-state index is -1.43. The number of hydrogen-bond acceptors (Lipinski definition) is 2. The van der Waals surface area contributed by atoms with E-state index in [1.165, 1.54) is 0 Å². The number of hydrogen-bond donors (Lipinski definition) is 1. The van der Waals surface area contributed by atoms with Crippen LogP contribution in [0.25, 0.3) is 0 Å². The number of benzene rings is 1. The Hall–Kier alpha value is -1.02. The minimum absolute atomic E-state index is 0.507. The second-order valence-electron chi connectivity index (χ2n) is 3.32. The summed E-state index contributed by atoms with van der Waals surface area (Å²) >= 11 is 0. The third-order valence-corrected chi connectivity index (χ3v) is 2.49. The van der Waals surface area contributed by atoms with E-state index >= 15 is 0 Å². The maximum absolute atomic E-state index is 9.86. The van der Waals surface area contributed by atoms with Gasteiger partial charge in [-0.3, -0.25) is 0 Å². The zero-order valence-electron chi connectivity index (χ0n) is 8.71. The quantitative estimate of drug-likeness (QED) is 0.715. The maximum Gasteiger partial charge on any atom is 0.119 e. The van der Waals surface area contributed by atoms with Crippen LogP contribution in [0.4, 0.5) is 0 Å². The van der Waals surface area contributed by atoms with E-state index in [1.54, 1.807) is 13.2 Å². The molecule has 1 atom stereocenters. The van der Waals surface area contributed by atoms with E-state index in [9.17, 15) is 5.11 Å². The van der Waals surface area contributed by atoms with Crippen molar-refractivity contribution >= 4 is 0 Å². The highest BCUT2D eigenvalue weighted by atomic mass is 16.5. The lowest BCUT2D eigenvalue weighted by Crippen LogP contribution is -2.08. The summed E-state index contributed by atoms with van der Waals surface area (Å²) in [5.41, 5.74) is 1.76. The molecule has 0 spiro atoms. The summed E-state index contributed by atoms with van der Waals surface area (Å²) in [5.74, 6) is 0.705. The van der Waals surface area contributed by atoms with Crippen molar-refractivity contribution in [3.63, 3.8) is 0 Å². The molecule has 1 aromatic rings. The van der Waals surface area contributed by atoms with Gasteiger partial charge in [-0.05, 0) is 42.5 Å². The molecule has 0 amide bonds. The van der Waals surface area contributed by atoms with Crippen molar-refractivity contribution in [2.75, 3.05) is 7.11 Å². The molecule has 0 saturated carbocycles. The van der Waals surface area contributed by atoms with Crippen molar-refractivity contribution in [2.24, 2.45) is 0 Å². The van der Waals surface area contributed by atoms with Gasteiger partial charge >= 0.3 is 0 Å². The molecule has 0 saturated heterocycles. The highest BCUT2D eigenvalue weighted by Gasteiger charge is 2.17. The molecular weight excluding hydrogens is 164 g/mol. The Morgan fingerprint density at radius 1 is 1.62 bits per heavy atom. The fourth-order valence-electron chi connectivity index (χ4n) is 1.75. The summed E-state index contributed by atoms with van der Waals surface area (Å²) in [6.07, 6.45) is 0.898. The Morgan fingerprint density at radius 2 is 2.46 bits per heavy atom. The number of aliphatic hydroxyl groups is 1. The molecule has 1 unspecified atom stereocenters. The lowest BCUT2D eigenvalue weighted by Gasteiger charge is -2.21. The smallest absolute Gasteiger partial charge is 0.119 e. The Balaban J connectivity index is 2.49. The van der Waals surface area contributed by atoms with Gasteiger partial charge in [-0.15, -0.1) is 0 Å². The van der Waals surface area contributed by atoms with Gasteiger partial charge in [-0.1, -0.05) is 6.07 Å². The first-order valence-electron chi connectivity index (χ1n) is 5.03. The lowest BCUT2D eigenvalue weighted by molar-refractivity contribution is 0.156. The van der Waals surface area contributed by atoms with E-state index < -0.39 is 6.08 Å². The Labute approximate surface area is 79.6 Å². The van der Waals surface area contributed by atoms with E-state index in [2.05, 4.69) is 0 Å². The van der Waals surface area contributed by atoms with Gasteiger partial charge in [-0.2, -0.15) is 0 Å². The first kappa shape index (κ1) is 7.39. The van der Waals surface area contributed by atoms with Gasteiger partial charge in [0.05, 0.1) is 14.6 Å². The summed E-state index contributed by atoms with van der Waals surface area (Å²) < 4.78 is 12.9. The number of aryl methyl sites for hydroxylation is 1. The van der Waals surface area contributed by atoms with E-state index in [4.69, 9.17) is 6.11 Å². The molecule has 2 heteroatoms. The fourth-order valence-corrected chi connectivity index (χ4v) is 1.75. The van der Waals surface area contributed by atoms with Gasteiger partial charge in [0, 0.05) is 0 Å². The van der Waals surface area contributed by atoms with Gasteiger partial charge in [0.25, 0.3) is 0 Å². The highest BCUT2D eigenvalue weighted by molar-refractivity contribution is 5.38. The SMILES string of the molecule is [2H]C1(O)CCCc2ccc(OC)cc21. The van der Waals surface area contributed by atoms with E-state index in [-0.39, 0.29) is 0 Å². The van der Waals surface area contributed by atoms with Crippen LogP contribution in [0.1, 0.15) is 31.4 Å². The monoisotopic (exact) mass is 179 g/mol. The van der Waals surface area contributed by atoms with Crippen molar-refractivity contribution in [3.05, 3.63) is 29.3 Å². The summed E-state index contributed by atoms with van der Waals surface area (Å²) in [4.78, 5) is 0. The van der Waals surface area contributed by atoms with Gasteiger partial charge in [0.15, 0.2) is 0 Å². The Morgan fingerprint density at radius 3 is 3.23 bits per heavy atom. The predicted molar refractivity (Wildman–Crippen MR) is 50.9 cm³/mol. The second-order valence-corrected chi connectivity index (χ2v) is 3.32. The standard InChI is InChI=1S/C11H14O2/c1-13-9-6-5-8-3-2-4-11(12)10(8)7-9/h5-7,11-12H,2-4H2,1H3/i11D. The van der Waals surface area contributed by atoms with Crippen molar-refractivity contribution < 1.29 is 11.2 Å². The molecule has 0 heterocycles. The molecular formula is C11H14O2. The average Bonchev–Trinajstić information content (AvgIpc) is 2.17. The topological polar surface area (TPSA) is 29.5 Å². The third kappa shape index (κ3) is 1.54. The van der Waals surface area contributed by atoms with Gasteiger partial charge < -0.3 is 9.84 Å². The molecule has 0 fully saturated rings. The van der Waals surface area contributed by atoms with Crippen LogP contribution in [0, 0.1) is 0 Å². The number of methoxy groups -OCH3 is 1. The summed E-state index contributed by atoms with van der Waals surface area (Å²) in [6.45, 7) is 0. The van der Waals surface area contributed by atoms with E-state index in [0.29, 0.717) is 17.7 Å². The number of ether oxygens (including phenoxy) is 1. The largest absolute Gasteiger partial charge is 0.497 e. The van der Waals surface area contributed by atoms with E-state index in [1.807, 2.05) is 12.1 Å². The summed E-state index contributed by atoms with van der Waals surface area (Å²) in [7, 11) is 1.59. The number of rotatable bonds is 1. The van der Waals surface area contributed by atoms with Crippen LogP contribution in [-0.2, 0) is 6.42 Å². The van der Waals surface area contributed by atoms with Crippen molar-refractivity contribution in [2.45, 2.75) is 25.3 Å². The van der Waals surface area contributed by atoms with Crippen molar-refractivity contribution in [1.29, 1.82) is 0 Å². The van der Waals surface area contributed by atoms with E-state index in [0.717, 1.165) is 18.4 Å². The Kier molecular flexibility index (Phi) is 1.92. The second kappa shape index (κ2) is 3.38. The lowest BCUT2D eigenvalue weighted by atomic mass is 9.89. The summed E-state index contributed by atoms with van der Waals surface area (Å²) in [6, 6.07) is 5.58. The molecule has 1 aliphatic rings. The molecule has 1 aromatic carbocycles. The van der Waals surface area contributed by atoms with Crippen LogP contribution in [0.2, 0.25) is 0 Å². The Bertz CT molecular complexity index is 347. The average molecular weight is 179 g/mol. The van der Waals surface area contributed by atoms with Crippen LogP contribution in [-0.4, -0.2) is 12.2 Å². The molecule has 70 valence electrons. The van der Waals surface area contributed by atoms with Crippen LogP contribution in [0.5, 0.6) is 5.75 Å². The van der Waals surface area contributed by atoms with Gasteiger partial charge in [0.1, 0.15) is 5.75 Å². The first-order chi connectivity index (χ1) is 6.63. The van der Waals surface area contributed by atoms with Gasteiger partial charge in [-0.25, -0.2) is 0 Å².